The van der Waals surface area contributed by atoms with E-state index in [-0.39, 0.29) is 0 Å². The number of nitrogens with zero attached hydrogens (tertiary/aromatic N) is 4. The number of benzene rings is 1. The smallest absolute Gasteiger partial charge is 0.124 e. The fourth-order valence-electron chi connectivity index (χ4n) is 1.46. The molecular weight excluding hydrogens is 218 g/mol. The SMILES string of the molecule is [N-]=[N+]=NCCOc1ccc2nc(N)ccc2c1. The van der Waals surface area contributed by atoms with Crippen molar-refractivity contribution in [2.75, 3.05) is 18.9 Å². The first-order chi connectivity index (χ1) is 8.29. The molecule has 0 aliphatic carbocycles. The summed E-state index contributed by atoms with van der Waals surface area (Å²) in [6, 6.07) is 9.15. The van der Waals surface area contributed by atoms with Crippen LogP contribution >= 0.6 is 0 Å². The number of rotatable bonds is 4. The predicted octanol–water partition coefficient (Wildman–Crippen LogP) is 2.51. The third kappa shape index (κ3) is 2.76. The average Bonchev–Trinajstić information content (AvgIpc) is 2.35. The van der Waals surface area contributed by atoms with Crippen LogP contribution in [0.3, 0.4) is 0 Å². The molecule has 2 aromatic rings. The van der Waals surface area contributed by atoms with E-state index in [0.717, 1.165) is 16.7 Å². The Bertz CT molecular complexity index is 577. The van der Waals surface area contributed by atoms with Crippen molar-refractivity contribution >= 4 is 16.7 Å². The van der Waals surface area contributed by atoms with Crippen LogP contribution < -0.4 is 10.5 Å². The van der Waals surface area contributed by atoms with E-state index in [2.05, 4.69) is 15.0 Å². The molecule has 86 valence electrons. The van der Waals surface area contributed by atoms with Crippen molar-refractivity contribution in [3.8, 4) is 5.75 Å². The fourth-order valence-corrected chi connectivity index (χ4v) is 1.46. The van der Waals surface area contributed by atoms with Gasteiger partial charge in [-0.15, -0.1) is 0 Å². The number of nitrogens with two attached hydrogens (primary N) is 1. The van der Waals surface area contributed by atoms with Crippen molar-refractivity contribution in [3.63, 3.8) is 0 Å². The number of pyridine rings is 1. The molecule has 2 rings (SSSR count). The number of anilines is 1. The molecule has 0 saturated carbocycles. The average molecular weight is 229 g/mol. The van der Waals surface area contributed by atoms with E-state index < -0.39 is 0 Å². The first kappa shape index (κ1) is 11.0. The van der Waals surface area contributed by atoms with Crippen LogP contribution in [0.25, 0.3) is 21.3 Å². The van der Waals surface area contributed by atoms with E-state index in [1.807, 2.05) is 24.3 Å². The highest BCUT2D eigenvalue weighted by atomic mass is 16.5. The van der Waals surface area contributed by atoms with Gasteiger partial charge in [0.15, 0.2) is 0 Å². The highest BCUT2D eigenvalue weighted by molar-refractivity contribution is 5.81. The number of aromatic nitrogens is 1. The fraction of sp³-hybridized carbons (Fsp3) is 0.182. The molecule has 17 heavy (non-hydrogen) atoms. The number of fused-ring (bicyclic) bond motifs is 1. The highest BCUT2D eigenvalue weighted by Gasteiger charge is 1.98. The summed E-state index contributed by atoms with van der Waals surface area (Å²) >= 11 is 0. The highest BCUT2D eigenvalue weighted by Crippen LogP contribution is 2.20. The largest absolute Gasteiger partial charge is 0.493 e. The van der Waals surface area contributed by atoms with E-state index in [1.165, 1.54) is 0 Å². The molecule has 0 spiro atoms. The van der Waals surface area contributed by atoms with E-state index >= 15 is 0 Å². The van der Waals surface area contributed by atoms with E-state index in [4.69, 9.17) is 16.0 Å². The molecule has 0 unspecified atom stereocenters. The number of ether oxygens (including phenoxy) is 1. The summed E-state index contributed by atoms with van der Waals surface area (Å²) in [7, 11) is 0. The van der Waals surface area contributed by atoms with Crippen LogP contribution in [0.5, 0.6) is 5.75 Å². The molecule has 1 aromatic carbocycles. The lowest BCUT2D eigenvalue weighted by atomic mass is 10.2. The summed E-state index contributed by atoms with van der Waals surface area (Å²) in [6.45, 7) is 0.673. The lowest BCUT2D eigenvalue weighted by Crippen LogP contribution is -2.00. The van der Waals surface area contributed by atoms with Crippen LogP contribution in [-0.2, 0) is 0 Å². The maximum atomic E-state index is 8.11. The molecule has 0 atom stereocenters. The van der Waals surface area contributed by atoms with Crippen molar-refractivity contribution in [2.24, 2.45) is 5.11 Å². The zero-order valence-electron chi connectivity index (χ0n) is 9.08. The van der Waals surface area contributed by atoms with Crippen LogP contribution in [0.15, 0.2) is 35.4 Å². The van der Waals surface area contributed by atoms with Crippen molar-refractivity contribution in [3.05, 3.63) is 40.8 Å². The second-order valence-electron chi connectivity index (χ2n) is 3.39. The Labute approximate surface area is 97.6 Å². The standard InChI is InChI=1S/C11H11N5O/c12-11-4-1-8-7-9(2-3-10(8)15-11)17-6-5-14-16-13/h1-4,7H,5-6H2,(H2,12,15). The van der Waals surface area contributed by atoms with Gasteiger partial charge in [0.2, 0.25) is 0 Å². The Hall–Kier alpha value is -2.46. The summed E-state index contributed by atoms with van der Waals surface area (Å²) in [5.41, 5.74) is 14.5. The molecule has 6 heteroatoms. The van der Waals surface area contributed by atoms with Gasteiger partial charge in [0, 0.05) is 10.3 Å². The minimum atomic E-state index is 0.314. The first-order valence-corrected chi connectivity index (χ1v) is 5.09. The molecule has 0 amide bonds. The van der Waals surface area contributed by atoms with Crippen molar-refractivity contribution in [2.45, 2.75) is 0 Å². The first-order valence-electron chi connectivity index (χ1n) is 5.09. The Morgan fingerprint density at radius 1 is 1.35 bits per heavy atom. The van der Waals surface area contributed by atoms with Gasteiger partial charge in [-0.05, 0) is 35.9 Å². The van der Waals surface area contributed by atoms with Crippen LogP contribution in [0.1, 0.15) is 0 Å². The molecule has 0 bridgehead atoms. The Kier molecular flexibility index (Phi) is 3.28. The van der Waals surface area contributed by atoms with E-state index in [1.54, 1.807) is 6.07 Å². The van der Waals surface area contributed by atoms with Crippen LogP contribution in [-0.4, -0.2) is 18.1 Å². The lowest BCUT2D eigenvalue weighted by Gasteiger charge is -2.05. The van der Waals surface area contributed by atoms with Gasteiger partial charge in [-0.3, -0.25) is 0 Å². The topological polar surface area (TPSA) is 96.9 Å². The Morgan fingerprint density at radius 2 is 2.24 bits per heavy atom. The van der Waals surface area contributed by atoms with Crippen LogP contribution in [0.4, 0.5) is 5.82 Å². The summed E-state index contributed by atoms with van der Waals surface area (Å²) in [5, 5.41) is 4.35. The number of hydrogen-bond acceptors (Lipinski definition) is 4. The van der Waals surface area contributed by atoms with Gasteiger partial charge in [0.1, 0.15) is 11.6 Å². The lowest BCUT2D eigenvalue weighted by molar-refractivity contribution is 0.328. The molecule has 6 nitrogen and oxygen atoms in total. The number of hydrogen-bond donors (Lipinski definition) is 1. The number of nitrogen functional groups attached to an aromatic ring is 1. The van der Waals surface area contributed by atoms with Gasteiger partial charge in [-0.2, -0.15) is 0 Å². The molecule has 1 aromatic heterocycles. The summed E-state index contributed by atoms with van der Waals surface area (Å²) < 4.78 is 5.42. The minimum Gasteiger partial charge on any atom is -0.493 e. The van der Waals surface area contributed by atoms with Crippen molar-refractivity contribution < 1.29 is 4.74 Å². The molecule has 0 aliphatic rings. The Morgan fingerprint density at radius 3 is 3.06 bits per heavy atom. The zero-order valence-corrected chi connectivity index (χ0v) is 9.08. The summed E-state index contributed by atoms with van der Waals surface area (Å²) in [6.07, 6.45) is 0. The van der Waals surface area contributed by atoms with Crippen LogP contribution in [0, 0.1) is 0 Å². The molecule has 0 radical (unpaired) electrons. The summed E-state index contributed by atoms with van der Waals surface area (Å²) in [4.78, 5) is 6.83. The quantitative estimate of drug-likeness (QED) is 0.377. The van der Waals surface area contributed by atoms with E-state index in [9.17, 15) is 0 Å². The van der Waals surface area contributed by atoms with Gasteiger partial charge >= 0.3 is 0 Å². The van der Waals surface area contributed by atoms with Gasteiger partial charge in [0.05, 0.1) is 18.7 Å². The maximum Gasteiger partial charge on any atom is 0.124 e. The third-order valence-corrected chi connectivity index (χ3v) is 2.21. The third-order valence-electron chi connectivity index (χ3n) is 2.21. The van der Waals surface area contributed by atoms with Gasteiger partial charge in [0.25, 0.3) is 0 Å². The Balaban J connectivity index is 2.14. The monoisotopic (exact) mass is 229 g/mol. The molecule has 1 heterocycles. The molecule has 2 N–H and O–H groups in total. The van der Waals surface area contributed by atoms with Gasteiger partial charge in [-0.1, -0.05) is 5.11 Å². The molecule has 0 fully saturated rings. The van der Waals surface area contributed by atoms with Crippen LogP contribution in [0.2, 0.25) is 0 Å². The number of azide groups is 1. The van der Waals surface area contributed by atoms with Gasteiger partial charge in [-0.25, -0.2) is 4.98 Å². The second kappa shape index (κ2) is 5.05. The summed E-state index contributed by atoms with van der Waals surface area (Å²) in [5.74, 6) is 1.21. The normalized spacial score (nSPS) is 9.88. The molecule has 0 saturated heterocycles. The van der Waals surface area contributed by atoms with Crippen molar-refractivity contribution in [1.29, 1.82) is 0 Å². The van der Waals surface area contributed by atoms with Gasteiger partial charge < -0.3 is 10.5 Å². The maximum absolute atomic E-state index is 8.11. The second-order valence-corrected chi connectivity index (χ2v) is 3.39. The predicted molar refractivity (Wildman–Crippen MR) is 65.7 cm³/mol. The molecular formula is C11H11N5O. The minimum absolute atomic E-state index is 0.314. The zero-order chi connectivity index (χ0) is 12.1. The van der Waals surface area contributed by atoms with Crippen molar-refractivity contribution in [1.82, 2.24) is 4.98 Å². The van der Waals surface area contributed by atoms with E-state index in [0.29, 0.717) is 19.0 Å². The molecule has 0 aliphatic heterocycles.